The SMILES string of the molecule is CC[C@H](C(C)C)N1C(=O)[C@@](C)(CC(=O)O)C[C@H](c2cccc(Cl)c2)C1c1ccc(Cl)cc1. The van der Waals surface area contributed by atoms with Gasteiger partial charge in [-0.05, 0) is 54.2 Å². The first-order valence-corrected chi connectivity index (χ1v) is 11.9. The number of rotatable bonds is 7. The molecular formula is C26H31Cl2NO3. The smallest absolute Gasteiger partial charge is 0.304 e. The molecule has 1 amide bonds. The summed E-state index contributed by atoms with van der Waals surface area (Å²) in [6.45, 7) is 8.09. The number of carbonyl (C=O) groups is 2. The Kier molecular flexibility index (Phi) is 7.57. The number of piperidine rings is 1. The average molecular weight is 476 g/mol. The van der Waals surface area contributed by atoms with Gasteiger partial charge in [0, 0.05) is 22.0 Å². The second-order valence-electron chi connectivity index (χ2n) is 9.43. The van der Waals surface area contributed by atoms with Crippen molar-refractivity contribution >= 4 is 35.1 Å². The molecule has 0 saturated carbocycles. The van der Waals surface area contributed by atoms with Crippen molar-refractivity contribution in [2.45, 2.75) is 65.0 Å². The van der Waals surface area contributed by atoms with E-state index in [2.05, 4.69) is 20.8 Å². The van der Waals surface area contributed by atoms with Crippen LogP contribution in [0.5, 0.6) is 0 Å². The number of carboxylic acid groups (broad SMARTS) is 1. The summed E-state index contributed by atoms with van der Waals surface area (Å²) in [5, 5.41) is 10.9. The Morgan fingerprint density at radius 2 is 1.78 bits per heavy atom. The lowest BCUT2D eigenvalue weighted by atomic mass is 9.66. The summed E-state index contributed by atoms with van der Waals surface area (Å²) in [7, 11) is 0. The van der Waals surface area contributed by atoms with Gasteiger partial charge in [0.15, 0.2) is 0 Å². The fourth-order valence-electron chi connectivity index (χ4n) is 5.23. The van der Waals surface area contributed by atoms with Crippen molar-refractivity contribution in [1.29, 1.82) is 0 Å². The third-order valence-electron chi connectivity index (χ3n) is 6.68. The maximum atomic E-state index is 14.0. The Morgan fingerprint density at radius 3 is 2.31 bits per heavy atom. The highest BCUT2D eigenvalue weighted by Crippen LogP contribution is 2.52. The third kappa shape index (κ3) is 4.97. The molecule has 6 heteroatoms. The number of aliphatic carboxylic acids is 1. The van der Waals surface area contributed by atoms with Crippen molar-refractivity contribution in [2.24, 2.45) is 11.3 Å². The quantitative estimate of drug-likeness (QED) is 0.470. The van der Waals surface area contributed by atoms with Gasteiger partial charge in [-0.1, -0.05) is 75.2 Å². The number of nitrogens with zero attached hydrogens (tertiary/aromatic N) is 1. The lowest BCUT2D eigenvalue weighted by molar-refractivity contribution is -0.161. The molecule has 1 N–H and O–H groups in total. The Balaban J connectivity index is 2.25. The maximum Gasteiger partial charge on any atom is 0.304 e. The van der Waals surface area contributed by atoms with E-state index in [1.807, 2.05) is 53.4 Å². The molecule has 172 valence electrons. The molecule has 4 atom stereocenters. The number of halogens is 2. The minimum Gasteiger partial charge on any atom is -0.481 e. The van der Waals surface area contributed by atoms with Crippen LogP contribution in [0.15, 0.2) is 48.5 Å². The lowest BCUT2D eigenvalue weighted by Crippen LogP contribution is -2.57. The molecule has 0 radical (unpaired) electrons. The van der Waals surface area contributed by atoms with Crippen molar-refractivity contribution in [3.05, 3.63) is 69.7 Å². The molecule has 4 nitrogen and oxygen atoms in total. The molecule has 1 unspecified atom stereocenters. The van der Waals surface area contributed by atoms with E-state index in [1.165, 1.54) is 0 Å². The topological polar surface area (TPSA) is 57.6 Å². The van der Waals surface area contributed by atoms with E-state index in [4.69, 9.17) is 23.2 Å². The molecule has 1 aliphatic rings. The number of amides is 1. The van der Waals surface area contributed by atoms with Crippen LogP contribution >= 0.6 is 23.2 Å². The first-order chi connectivity index (χ1) is 15.1. The second-order valence-corrected chi connectivity index (χ2v) is 10.3. The van der Waals surface area contributed by atoms with Gasteiger partial charge in [0.25, 0.3) is 0 Å². The van der Waals surface area contributed by atoms with Crippen molar-refractivity contribution in [2.75, 3.05) is 0 Å². The molecule has 0 aromatic heterocycles. The zero-order chi connectivity index (χ0) is 23.6. The third-order valence-corrected chi connectivity index (χ3v) is 7.16. The molecule has 1 aliphatic heterocycles. The van der Waals surface area contributed by atoms with Crippen LogP contribution < -0.4 is 0 Å². The van der Waals surface area contributed by atoms with Gasteiger partial charge in [-0.15, -0.1) is 0 Å². The van der Waals surface area contributed by atoms with Crippen LogP contribution in [-0.2, 0) is 9.59 Å². The predicted octanol–water partition coefficient (Wildman–Crippen LogP) is 6.97. The predicted molar refractivity (Wildman–Crippen MR) is 129 cm³/mol. The van der Waals surface area contributed by atoms with E-state index >= 15 is 0 Å². The van der Waals surface area contributed by atoms with Gasteiger partial charge in [-0.2, -0.15) is 0 Å². The Hall–Kier alpha value is -2.04. The van der Waals surface area contributed by atoms with E-state index in [9.17, 15) is 14.7 Å². The minimum atomic E-state index is -1.01. The van der Waals surface area contributed by atoms with E-state index in [-0.39, 0.29) is 36.2 Å². The first-order valence-electron chi connectivity index (χ1n) is 11.1. The maximum absolute atomic E-state index is 14.0. The van der Waals surface area contributed by atoms with Crippen molar-refractivity contribution in [3.63, 3.8) is 0 Å². The van der Waals surface area contributed by atoms with Gasteiger partial charge in [-0.25, -0.2) is 0 Å². The summed E-state index contributed by atoms with van der Waals surface area (Å²) in [6, 6.07) is 15.0. The molecule has 2 aromatic rings. The van der Waals surface area contributed by atoms with Crippen LogP contribution in [0.25, 0.3) is 0 Å². The van der Waals surface area contributed by atoms with Gasteiger partial charge in [-0.3, -0.25) is 9.59 Å². The fourth-order valence-corrected chi connectivity index (χ4v) is 5.56. The highest BCUT2D eigenvalue weighted by Gasteiger charge is 2.52. The number of carbonyl (C=O) groups excluding carboxylic acids is 1. The number of likely N-dealkylation sites (tertiary alicyclic amines) is 1. The summed E-state index contributed by atoms with van der Waals surface area (Å²) in [4.78, 5) is 27.7. The van der Waals surface area contributed by atoms with E-state index in [0.717, 1.165) is 17.5 Å². The normalized spacial score (nSPS) is 24.6. The molecule has 0 spiro atoms. The zero-order valence-electron chi connectivity index (χ0n) is 19.0. The molecule has 0 bridgehead atoms. The van der Waals surface area contributed by atoms with Gasteiger partial charge in [0.1, 0.15) is 0 Å². The van der Waals surface area contributed by atoms with E-state index < -0.39 is 11.4 Å². The summed E-state index contributed by atoms with van der Waals surface area (Å²) in [5.74, 6) is -0.956. The second kappa shape index (κ2) is 9.84. The van der Waals surface area contributed by atoms with Crippen LogP contribution in [0.3, 0.4) is 0 Å². The summed E-state index contributed by atoms with van der Waals surface area (Å²) in [5.41, 5.74) is 0.985. The molecular weight excluding hydrogens is 445 g/mol. The van der Waals surface area contributed by atoms with Crippen LogP contribution in [-0.4, -0.2) is 27.9 Å². The summed E-state index contributed by atoms with van der Waals surface area (Å²) in [6.07, 6.45) is 0.997. The Bertz CT molecular complexity index is 975. The van der Waals surface area contributed by atoms with Crippen molar-refractivity contribution < 1.29 is 14.7 Å². The molecule has 1 saturated heterocycles. The molecule has 1 heterocycles. The average Bonchev–Trinajstić information content (AvgIpc) is 2.71. The number of hydrogen-bond acceptors (Lipinski definition) is 2. The number of benzene rings is 2. The molecule has 2 aromatic carbocycles. The van der Waals surface area contributed by atoms with Gasteiger partial charge < -0.3 is 10.0 Å². The summed E-state index contributed by atoms with van der Waals surface area (Å²) >= 11 is 12.5. The van der Waals surface area contributed by atoms with Gasteiger partial charge in [0.2, 0.25) is 5.91 Å². The highest BCUT2D eigenvalue weighted by atomic mass is 35.5. The van der Waals surface area contributed by atoms with Crippen molar-refractivity contribution in [3.8, 4) is 0 Å². The summed E-state index contributed by atoms with van der Waals surface area (Å²) < 4.78 is 0. The van der Waals surface area contributed by atoms with E-state index in [1.54, 1.807) is 6.92 Å². The molecule has 0 aliphatic carbocycles. The number of carboxylic acids is 1. The van der Waals surface area contributed by atoms with Crippen LogP contribution in [0.4, 0.5) is 0 Å². The zero-order valence-corrected chi connectivity index (χ0v) is 20.5. The van der Waals surface area contributed by atoms with Crippen molar-refractivity contribution in [1.82, 2.24) is 4.90 Å². The number of hydrogen-bond donors (Lipinski definition) is 1. The first kappa shape index (κ1) is 24.6. The largest absolute Gasteiger partial charge is 0.481 e. The Labute approximate surface area is 200 Å². The van der Waals surface area contributed by atoms with E-state index in [0.29, 0.717) is 16.5 Å². The van der Waals surface area contributed by atoms with Crippen LogP contribution in [0.1, 0.15) is 70.0 Å². The van der Waals surface area contributed by atoms with Crippen LogP contribution in [0.2, 0.25) is 10.0 Å². The molecule has 32 heavy (non-hydrogen) atoms. The Morgan fingerprint density at radius 1 is 1.12 bits per heavy atom. The highest BCUT2D eigenvalue weighted by molar-refractivity contribution is 6.30. The van der Waals surface area contributed by atoms with Crippen LogP contribution in [0, 0.1) is 11.3 Å². The molecule has 1 fully saturated rings. The fraction of sp³-hybridized carbons (Fsp3) is 0.462. The lowest BCUT2D eigenvalue weighted by Gasteiger charge is -2.52. The minimum absolute atomic E-state index is 0.0294. The molecule has 3 rings (SSSR count). The van der Waals surface area contributed by atoms with Gasteiger partial charge in [0.05, 0.1) is 17.9 Å². The monoisotopic (exact) mass is 475 g/mol. The standard InChI is InChI=1S/C26H31Cl2NO3/c1-5-22(16(2)3)29-24(17-9-11-19(27)12-10-17)21(18-7-6-8-20(28)13-18)14-26(4,25(29)32)15-23(30)31/h6-13,16,21-22,24H,5,14-15H2,1-4H3,(H,30,31)/t21-,22-,24?,26-/m1/s1. The van der Waals surface area contributed by atoms with Gasteiger partial charge >= 0.3 is 5.97 Å².